The number of hydrogen-bond acceptors (Lipinski definition) is 6. The van der Waals surface area contributed by atoms with E-state index >= 15 is 0 Å². The second-order valence-corrected chi connectivity index (χ2v) is 6.75. The number of benzene rings is 2. The number of hydrazine groups is 1. The van der Waals surface area contributed by atoms with E-state index in [1.807, 2.05) is 66.1 Å². The second-order valence-electron chi connectivity index (χ2n) is 6.75. The number of rotatable bonds is 11. The van der Waals surface area contributed by atoms with Crippen molar-refractivity contribution < 1.29 is 23.9 Å². The Balaban J connectivity index is 1.63. The van der Waals surface area contributed by atoms with Gasteiger partial charge in [-0.15, -0.1) is 0 Å². The smallest absolute Gasteiger partial charge is 0.408 e. The molecule has 0 unspecified atom stereocenters. The number of amides is 3. The van der Waals surface area contributed by atoms with Crippen LogP contribution in [0.5, 0.6) is 0 Å². The van der Waals surface area contributed by atoms with Gasteiger partial charge in [0.1, 0.15) is 19.3 Å². The summed E-state index contributed by atoms with van der Waals surface area (Å²) in [6.45, 7) is 0.669. The number of nitrogens with two attached hydrogens (primary N) is 1. The average Bonchev–Trinajstić information content (AvgIpc) is 2.81. The molecule has 31 heavy (non-hydrogen) atoms. The molecule has 0 saturated carbocycles. The zero-order valence-corrected chi connectivity index (χ0v) is 17.2. The van der Waals surface area contributed by atoms with Gasteiger partial charge in [0.2, 0.25) is 0 Å². The summed E-state index contributed by atoms with van der Waals surface area (Å²) in [6.07, 6.45) is 0.276. The summed E-state index contributed by atoms with van der Waals surface area (Å²) >= 11 is 0. The summed E-state index contributed by atoms with van der Waals surface area (Å²) < 4.78 is 10.3. The summed E-state index contributed by atoms with van der Waals surface area (Å²) in [7, 11) is 0. The zero-order valence-electron chi connectivity index (χ0n) is 17.2. The Labute approximate surface area is 181 Å². The van der Waals surface area contributed by atoms with Crippen LogP contribution in [0.25, 0.3) is 0 Å². The number of unbranched alkanes of at least 4 members (excludes halogenated alkanes) is 1. The fourth-order valence-electron chi connectivity index (χ4n) is 2.71. The highest BCUT2D eigenvalue weighted by molar-refractivity contribution is 5.85. The molecule has 2 aromatic rings. The molecule has 9 heteroatoms. The summed E-state index contributed by atoms with van der Waals surface area (Å²) in [5.74, 6) is 4.68. The van der Waals surface area contributed by atoms with E-state index in [4.69, 9.17) is 15.3 Å². The van der Waals surface area contributed by atoms with Crippen LogP contribution in [0.4, 0.5) is 9.59 Å². The van der Waals surface area contributed by atoms with Crippen molar-refractivity contribution in [1.82, 2.24) is 16.1 Å². The zero-order chi connectivity index (χ0) is 22.3. The Morgan fingerprint density at radius 3 is 1.90 bits per heavy atom. The topological polar surface area (TPSA) is 132 Å². The molecule has 0 spiro atoms. The molecular weight excluding hydrogens is 400 g/mol. The van der Waals surface area contributed by atoms with Gasteiger partial charge in [0.05, 0.1) is 0 Å². The Kier molecular flexibility index (Phi) is 10.4. The van der Waals surface area contributed by atoms with E-state index in [9.17, 15) is 14.4 Å². The van der Waals surface area contributed by atoms with Crippen molar-refractivity contribution in [3.63, 3.8) is 0 Å². The average molecular weight is 428 g/mol. The van der Waals surface area contributed by atoms with Gasteiger partial charge >= 0.3 is 12.2 Å². The lowest BCUT2D eigenvalue weighted by Crippen LogP contribution is -2.49. The molecule has 0 aliphatic rings. The largest absolute Gasteiger partial charge is 0.445 e. The van der Waals surface area contributed by atoms with Gasteiger partial charge in [-0.1, -0.05) is 60.7 Å². The Morgan fingerprint density at radius 2 is 1.35 bits per heavy atom. The van der Waals surface area contributed by atoms with E-state index in [2.05, 4.69) is 10.6 Å². The van der Waals surface area contributed by atoms with E-state index in [-0.39, 0.29) is 13.2 Å². The number of carbonyl (C=O) groups excluding carboxylic acids is 3. The molecule has 0 bridgehead atoms. The van der Waals surface area contributed by atoms with E-state index in [0.29, 0.717) is 25.8 Å². The van der Waals surface area contributed by atoms with Crippen LogP contribution in [0.15, 0.2) is 60.7 Å². The number of hydrogen-bond donors (Lipinski definition) is 4. The van der Waals surface area contributed by atoms with Crippen LogP contribution >= 0.6 is 0 Å². The molecule has 0 aromatic heterocycles. The SMILES string of the molecule is NNC(=O)[C@@H](CCCCNC(=O)OCc1ccccc1)NC(=O)OCc1ccccc1. The number of ether oxygens (including phenoxy) is 2. The van der Waals surface area contributed by atoms with E-state index in [0.717, 1.165) is 11.1 Å². The monoisotopic (exact) mass is 428 g/mol. The summed E-state index contributed by atoms with van der Waals surface area (Å²) in [5, 5.41) is 5.16. The maximum atomic E-state index is 12.0. The highest BCUT2D eigenvalue weighted by atomic mass is 16.6. The molecular formula is C22H28N4O5. The summed E-state index contributed by atoms with van der Waals surface area (Å²) in [5.41, 5.74) is 3.77. The highest BCUT2D eigenvalue weighted by Gasteiger charge is 2.20. The molecule has 0 fully saturated rings. The van der Waals surface area contributed by atoms with Crippen LogP contribution in [0.3, 0.4) is 0 Å². The highest BCUT2D eigenvalue weighted by Crippen LogP contribution is 2.05. The predicted molar refractivity (Wildman–Crippen MR) is 114 cm³/mol. The minimum Gasteiger partial charge on any atom is -0.445 e. The Morgan fingerprint density at radius 1 is 0.806 bits per heavy atom. The molecule has 0 radical (unpaired) electrons. The van der Waals surface area contributed by atoms with Gasteiger partial charge < -0.3 is 20.1 Å². The number of alkyl carbamates (subject to hydrolysis) is 2. The van der Waals surface area contributed by atoms with Crippen LogP contribution < -0.4 is 21.9 Å². The summed E-state index contributed by atoms with van der Waals surface area (Å²) in [6, 6.07) is 17.7. The molecule has 0 aliphatic heterocycles. The lowest BCUT2D eigenvalue weighted by atomic mass is 10.1. The normalized spacial score (nSPS) is 11.1. The van der Waals surface area contributed by atoms with Gasteiger partial charge in [-0.3, -0.25) is 10.2 Å². The molecule has 0 saturated heterocycles. The maximum absolute atomic E-state index is 12.0. The van der Waals surface area contributed by atoms with Crippen LogP contribution in [0.2, 0.25) is 0 Å². The molecule has 2 rings (SSSR count). The molecule has 0 heterocycles. The minimum atomic E-state index is -0.835. The van der Waals surface area contributed by atoms with Crippen LogP contribution in [0.1, 0.15) is 30.4 Å². The maximum Gasteiger partial charge on any atom is 0.408 e. The standard InChI is InChI=1S/C22H28N4O5/c23-26-20(27)19(25-22(29)31-16-18-11-5-2-6-12-18)13-7-8-14-24-21(28)30-15-17-9-3-1-4-10-17/h1-6,9-12,19H,7-8,13-16,23H2,(H,24,28)(H,25,29)(H,26,27)/t19-/m1/s1. The first-order valence-corrected chi connectivity index (χ1v) is 10.0. The van der Waals surface area contributed by atoms with Gasteiger partial charge in [0.25, 0.3) is 5.91 Å². The third-order valence-electron chi connectivity index (χ3n) is 4.37. The second kappa shape index (κ2) is 13.6. The molecule has 2 aromatic carbocycles. The van der Waals surface area contributed by atoms with Crippen molar-refractivity contribution in [1.29, 1.82) is 0 Å². The van der Waals surface area contributed by atoms with Crippen LogP contribution in [0, 0.1) is 0 Å². The van der Waals surface area contributed by atoms with Gasteiger partial charge in [0, 0.05) is 6.54 Å². The van der Waals surface area contributed by atoms with Crippen LogP contribution in [-0.2, 0) is 27.5 Å². The van der Waals surface area contributed by atoms with Crippen molar-refractivity contribution in [3.8, 4) is 0 Å². The molecule has 0 aliphatic carbocycles. The molecule has 1 atom stereocenters. The van der Waals surface area contributed by atoms with Gasteiger partial charge in [-0.2, -0.15) is 0 Å². The summed E-state index contributed by atoms with van der Waals surface area (Å²) in [4.78, 5) is 35.6. The van der Waals surface area contributed by atoms with Crippen molar-refractivity contribution >= 4 is 18.1 Å². The van der Waals surface area contributed by atoms with Crippen molar-refractivity contribution in [2.24, 2.45) is 5.84 Å². The fraction of sp³-hybridized carbons (Fsp3) is 0.318. The molecule has 5 N–H and O–H groups in total. The Hall–Kier alpha value is -3.59. The third kappa shape index (κ3) is 9.64. The molecule has 166 valence electrons. The number of carbonyl (C=O) groups is 3. The van der Waals surface area contributed by atoms with Crippen molar-refractivity contribution in [2.45, 2.75) is 38.5 Å². The Bertz CT molecular complexity index is 817. The van der Waals surface area contributed by atoms with E-state index in [1.54, 1.807) is 0 Å². The van der Waals surface area contributed by atoms with Gasteiger partial charge in [-0.05, 0) is 30.4 Å². The number of nitrogens with one attached hydrogen (secondary N) is 3. The third-order valence-corrected chi connectivity index (χ3v) is 4.37. The van der Waals surface area contributed by atoms with Gasteiger partial charge in [-0.25, -0.2) is 15.4 Å². The fourth-order valence-corrected chi connectivity index (χ4v) is 2.71. The van der Waals surface area contributed by atoms with E-state index in [1.165, 1.54) is 0 Å². The molecule has 3 amide bonds. The predicted octanol–water partition coefficient (Wildman–Crippen LogP) is 2.37. The van der Waals surface area contributed by atoms with E-state index < -0.39 is 24.1 Å². The molecule has 9 nitrogen and oxygen atoms in total. The van der Waals surface area contributed by atoms with Crippen molar-refractivity contribution in [2.75, 3.05) is 6.54 Å². The first-order valence-electron chi connectivity index (χ1n) is 10.0. The lowest BCUT2D eigenvalue weighted by molar-refractivity contribution is -0.123. The van der Waals surface area contributed by atoms with Gasteiger partial charge in [0.15, 0.2) is 0 Å². The first-order chi connectivity index (χ1) is 15.1. The first kappa shape index (κ1) is 23.7. The lowest BCUT2D eigenvalue weighted by Gasteiger charge is -2.17. The quantitative estimate of drug-likeness (QED) is 0.188. The van der Waals surface area contributed by atoms with Crippen molar-refractivity contribution in [3.05, 3.63) is 71.8 Å². The van der Waals surface area contributed by atoms with Crippen LogP contribution in [-0.4, -0.2) is 30.7 Å². The minimum absolute atomic E-state index is 0.0959.